The molecule has 7 nitrogen and oxygen atoms in total. The summed E-state index contributed by atoms with van der Waals surface area (Å²) in [6.45, 7) is 3.89. The van der Waals surface area contributed by atoms with E-state index in [-0.39, 0.29) is 0 Å². The van der Waals surface area contributed by atoms with Crippen molar-refractivity contribution in [2.45, 2.75) is 13.8 Å². The minimum absolute atomic E-state index is 0.588. The number of nitrogens with one attached hydrogen (secondary N) is 1. The Labute approximate surface area is 162 Å². The number of anilines is 1. The van der Waals surface area contributed by atoms with Gasteiger partial charge >= 0.3 is 0 Å². The van der Waals surface area contributed by atoms with E-state index >= 15 is 0 Å². The van der Waals surface area contributed by atoms with Gasteiger partial charge in [0.1, 0.15) is 6.33 Å². The highest BCUT2D eigenvalue weighted by atomic mass is 15.3. The number of hydrazone groups is 1. The molecule has 1 N–H and O–H groups in total. The van der Waals surface area contributed by atoms with Gasteiger partial charge in [-0.15, -0.1) is 0 Å². The summed E-state index contributed by atoms with van der Waals surface area (Å²) in [7, 11) is 0. The molecule has 138 valence electrons. The third-order valence-electron chi connectivity index (χ3n) is 4.21. The highest BCUT2D eigenvalue weighted by molar-refractivity contribution is 5.98. The van der Waals surface area contributed by atoms with E-state index < -0.39 is 0 Å². The Morgan fingerprint density at radius 3 is 2.57 bits per heavy atom. The standard InChI is InChI=1S/C21H19N7/c1-15-12-19(18-6-4-3-5-7-18)28(27-15)21-13-20(23-14-24-21)26-25-16(2)17-8-10-22-11-9-17/h3-14H,1-2H3,(H,23,24,26)/b25-16-. The van der Waals surface area contributed by atoms with Gasteiger partial charge in [-0.1, -0.05) is 30.3 Å². The first-order chi connectivity index (χ1) is 13.7. The van der Waals surface area contributed by atoms with E-state index in [0.717, 1.165) is 28.2 Å². The molecule has 28 heavy (non-hydrogen) atoms. The fraction of sp³-hybridized carbons (Fsp3) is 0.0952. The second-order valence-electron chi connectivity index (χ2n) is 6.26. The maximum Gasteiger partial charge on any atom is 0.159 e. The molecule has 0 aliphatic carbocycles. The van der Waals surface area contributed by atoms with Crippen molar-refractivity contribution in [1.82, 2.24) is 24.7 Å². The topological polar surface area (TPSA) is 80.9 Å². The summed E-state index contributed by atoms with van der Waals surface area (Å²) in [5.41, 5.74) is 7.78. The lowest BCUT2D eigenvalue weighted by Crippen LogP contribution is -2.05. The monoisotopic (exact) mass is 369 g/mol. The number of hydrogen-bond acceptors (Lipinski definition) is 6. The lowest BCUT2D eigenvalue weighted by atomic mass is 10.1. The number of rotatable bonds is 5. The fourth-order valence-corrected chi connectivity index (χ4v) is 2.81. The molecule has 0 aliphatic rings. The summed E-state index contributed by atoms with van der Waals surface area (Å²) in [5, 5.41) is 9.00. The van der Waals surface area contributed by atoms with Gasteiger partial charge in [0.25, 0.3) is 0 Å². The Bertz CT molecular complexity index is 1100. The van der Waals surface area contributed by atoms with Crippen molar-refractivity contribution in [2.24, 2.45) is 5.10 Å². The van der Waals surface area contributed by atoms with Crippen molar-refractivity contribution >= 4 is 11.5 Å². The highest BCUT2D eigenvalue weighted by Gasteiger charge is 2.11. The van der Waals surface area contributed by atoms with E-state index in [0.29, 0.717) is 11.6 Å². The van der Waals surface area contributed by atoms with Gasteiger partial charge < -0.3 is 0 Å². The number of hydrogen-bond donors (Lipinski definition) is 1. The summed E-state index contributed by atoms with van der Waals surface area (Å²) >= 11 is 0. The highest BCUT2D eigenvalue weighted by Crippen LogP contribution is 2.23. The van der Waals surface area contributed by atoms with Crippen LogP contribution in [0.4, 0.5) is 5.82 Å². The molecule has 7 heteroatoms. The van der Waals surface area contributed by atoms with E-state index in [4.69, 9.17) is 0 Å². The van der Waals surface area contributed by atoms with Gasteiger partial charge in [0.05, 0.1) is 17.1 Å². The predicted octanol–water partition coefficient (Wildman–Crippen LogP) is 3.87. The van der Waals surface area contributed by atoms with Crippen LogP contribution in [0.15, 0.2) is 78.4 Å². The first kappa shape index (κ1) is 17.5. The number of benzene rings is 1. The lowest BCUT2D eigenvalue weighted by molar-refractivity contribution is 0.832. The zero-order valence-electron chi connectivity index (χ0n) is 15.6. The minimum atomic E-state index is 0.588. The van der Waals surface area contributed by atoms with Crippen LogP contribution in [-0.4, -0.2) is 30.4 Å². The summed E-state index contributed by atoms with van der Waals surface area (Å²) in [5.74, 6) is 1.26. The summed E-state index contributed by atoms with van der Waals surface area (Å²) in [4.78, 5) is 12.7. The number of aryl methyl sites for hydroxylation is 1. The zero-order valence-corrected chi connectivity index (χ0v) is 15.6. The van der Waals surface area contributed by atoms with Gasteiger partial charge in [-0.2, -0.15) is 10.2 Å². The number of aromatic nitrogens is 5. The van der Waals surface area contributed by atoms with Crippen LogP contribution >= 0.6 is 0 Å². The Morgan fingerprint density at radius 2 is 1.79 bits per heavy atom. The fourth-order valence-electron chi connectivity index (χ4n) is 2.81. The quantitative estimate of drug-likeness (QED) is 0.427. The normalized spacial score (nSPS) is 11.4. The van der Waals surface area contributed by atoms with Crippen molar-refractivity contribution in [3.8, 4) is 17.1 Å². The predicted molar refractivity (Wildman–Crippen MR) is 109 cm³/mol. The molecule has 0 bridgehead atoms. The van der Waals surface area contributed by atoms with Crippen molar-refractivity contribution in [3.63, 3.8) is 0 Å². The molecule has 4 rings (SSSR count). The summed E-state index contributed by atoms with van der Waals surface area (Å²) in [6, 6.07) is 17.8. The molecule has 0 atom stereocenters. The van der Waals surface area contributed by atoms with Gasteiger partial charge in [-0.3, -0.25) is 10.4 Å². The molecular formula is C21H19N7. The van der Waals surface area contributed by atoms with Crippen LogP contribution < -0.4 is 5.43 Å². The molecule has 0 aliphatic heterocycles. The first-order valence-corrected chi connectivity index (χ1v) is 8.86. The molecule has 1 aromatic carbocycles. The molecule has 0 amide bonds. The van der Waals surface area contributed by atoms with Crippen molar-refractivity contribution < 1.29 is 0 Å². The van der Waals surface area contributed by atoms with Crippen LogP contribution in [0, 0.1) is 6.92 Å². The van der Waals surface area contributed by atoms with E-state index in [1.54, 1.807) is 12.4 Å². The summed E-state index contributed by atoms with van der Waals surface area (Å²) < 4.78 is 1.82. The second kappa shape index (κ2) is 7.79. The number of nitrogens with zero attached hydrogens (tertiary/aromatic N) is 6. The van der Waals surface area contributed by atoms with E-state index in [9.17, 15) is 0 Å². The third kappa shape index (κ3) is 3.78. The Balaban J connectivity index is 1.64. The van der Waals surface area contributed by atoms with E-state index in [1.807, 2.05) is 61.0 Å². The molecular weight excluding hydrogens is 350 g/mol. The van der Waals surface area contributed by atoms with Crippen molar-refractivity contribution in [2.75, 3.05) is 5.43 Å². The third-order valence-corrected chi connectivity index (χ3v) is 4.21. The van der Waals surface area contributed by atoms with Gasteiger partial charge in [0.15, 0.2) is 11.6 Å². The zero-order chi connectivity index (χ0) is 19.3. The molecule has 0 spiro atoms. The van der Waals surface area contributed by atoms with Gasteiger partial charge in [0, 0.05) is 29.6 Å². The van der Waals surface area contributed by atoms with Crippen LogP contribution in [0.3, 0.4) is 0 Å². The maximum atomic E-state index is 4.60. The van der Waals surface area contributed by atoms with Crippen molar-refractivity contribution in [3.05, 3.63) is 84.6 Å². The van der Waals surface area contributed by atoms with Crippen LogP contribution in [0.25, 0.3) is 17.1 Å². The summed E-state index contributed by atoms with van der Waals surface area (Å²) in [6.07, 6.45) is 4.98. The molecule has 3 heterocycles. The SMILES string of the molecule is C/C(=N/Nc1cc(-n2nc(C)cc2-c2ccccc2)ncn1)c1ccncc1. The van der Waals surface area contributed by atoms with Crippen LogP contribution in [0.2, 0.25) is 0 Å². The lowest BCUT2D eigenvalue weighted by Gasteiger charge is -2.08. The van der Waals surface area contributed by atoms with Crippen molar-refractivity contribution in [1.29, 1.82) is 0 Å². The minimum Gasteiger partial charge on any atom is -0.265 e. The second-order valence-corrected chi connectivity index (χ2v) is 6.26. The molecule has 0 saturated heterocycles. The Hall–Kier alpha value is -3.87. The van der Waals surface area contributed by atoms with Gasteiger partial charge in [-0.25, -0.2) is 14.6 Å². The maximum absolute atomic E-state index is 4.60. The van der Waals surface area contributed by atoms with Crippen LogP contribution in [0.5, 0.6) is 0 Å². The Morgan fingerprint density at radius 1 is 1.00 bits per heavy atom. The van der Waals surface area contributed by atoms with E-state index in [2.05, 4.69) is 42.7 Å². The molecule has 0 radical (unpaired) electrons. The Kier molecular flexibility index (Phi) is 4.88. The molecule has 0 fully saturated rings. The van der Waals surface area contributed by atoms with Gasteiger partial charge in [-0.05, 0) is 32.0 Å². The largest absolute Gasteiger partial charge is 0.265 e. The smallest absolute Gasteiger partial charge is 0.159 e. The molecule has 3 aromatic heterocycles. The van der Waals surface area contributed by atoms with Crippen LogP contribution in [-0.2, 0) is 0 Å². The number of pyridine rings is 1. The molecule has 0 unspecified atom stereocenters. The van der Waals surface area contributed by atoms with Gasteiger partial charge in [0.2, 0.25) is 0 Å². The van der Waals surface area contributed by atoms with E-state index in [1.165, 1.54) is 6.33 Å². The molecule has 4 aromatic rings. The van der Waals surface area contributed by atoms with Crippen LogP contribution in [0.1, 0.15) is 18.2 Å². The average molecular weight is 369 g/mol. The average Bonchev–Trinajstić information content (AvgIpc) is 3.15. The first-order valence-electron chi connectivity index (χ1n) is 8.86. The molecule has 0 saturated carbocycles.